The fourth-order valence-electron chi connectivity index (χ4n) is 1.85. The Hall–Kier alpha value is -0.730. The topological polar surface area (TPSA) is 35.2 Å². The largest absolute Gasteiger partial charge is 0.493 e. The van der Waals surface area contributed by atoms with Crippen molar-refractivity contribution >= 4 is 11.6 Å². The second-order valence-electron chi connectivity index (χ2n) is 4.93. The first kappa shape index (κ1) is 15.3. The van der Waals surface area contributed by atoms with Gasteiger partial charge in [-0.1, -0.05) is 18.5 Å². The molecule has 1 unspecified atom stereocenters. The van der Waals surface area contributed by atoms with Gasteiger partial charge in [-0.3, -0.25) is 0 Å². The smallest absolute Gasteiger partial charge is 0.122 e. The van der Waals surface area contributed by atoms with Crippen LogP contribution < -0.4 is 10.5 Å². The number of nitrogens with two attached hydrogens (primary N) is 1. The Morgan fingerprint density at radius 1 is 1.39 bits per heavy atom. The molecule has 1 rings (SSSR count). The van der Waals surface area contributed by atoms with E-state index in [0.29, 0.717) is 0 Å². The highest BCUT2D eigenvalue weighted by molar-refractivity contribution is 6.31. The second kappa shape index (κ2) is 7.65. The summed E-state index contributed by atoms with van der Waals surface area (Å²) in [4.78, 5) is 0. The first-order valence-electron chi connectivity index (χ1n) is 6.72. The number of benzene rings is 1. The number of ether oxygens (including phenoxy) is 1. The van der Waals surface area contributed by atoms with Gasteiger partial charge in [0.1, 0.15) is 5.75 Å². The van der Waals surface area contributed by atoms with Crippen molar-refractivity contribution in [2.45, 2.75) is 52.5 Å². The van der Waals surface area contributed by atoms with Crippen LogP contribution in [0.25, 0.3) is 0 Å². The Bertz CT molecular complexity index is 377. The first-order chi connectivity index (χ1) is 8.54. The third-order valence-electron chi connectivity index (χ3n) is 2.91. The van der Waals surface area contributed by atoms with Crippen molar-refractivity contribution in [3.8, 4) is 5.75 Å². The van der Waals surface area contributed by atoms with Gasteiger partial charge in [-0.05, 0) is 62.8 Å². The van der Waals surface area contributed by atoms with Crippen LogP contribution in [-0.2, 0) is 6.42 Å². The van der Waals surface area contributed by atoms with Crippen LogP contribution in [0.4, 0.5) is 0 Å². The minimum Gasteiger partial charge on any atom is -0.493 e. The van der Waals surface area contributed by atoms with E-state index in [-0.39, 0.29) is 6.04 Å². The number of aryl methyl sites for hydroxylation is 2. The van der Waals surface area contributed by atoms with Gasteiger partial charge in [-0.25, -0.2) is 0 Å². The molecule has 0 radical (unpaired) electrons. The number of hydrogen-bond acceptors (Lipinski definition) is 2. The number of halogens is 1. The highest BCUT2D eigenvalue weighted by atomic mass is 35.5. The van der Waals surface area contributed by atoms with E-state index in [1.165, 1.54) is 5.56 Å². The first-order valence-corrected chi connectivity index (χ1v) is 7.09. The van der Waals surface area contributed by atoms with E-state index in [2.05, 4.69) is 6.92 Å². The summed E-state index contributed by atoms with van der Waals surface area (Å²) >= 11 is 6.18. The monoisotopic (exact) mass is 269 g/mol. The fourth-order valence-corrected chi connectivity index (χ4v) is 2.04. The highest BCUT2D eigenvalue weighted by Gasteiger charge is 2.08. The van der Waals surface area contributed by atoms with E-state index in [4.69, 9.17) is 22.1 Å². The predicted molar refractivity (Wildman–Crippen MR) is 78.6 cm³/mol. The molecule has 0 fully saturated rings. The van der Waals surface area contributed by atoms with Crippen LogP contribution in [-0.4, -0.2) is 12.6 Å². The number of hydrogen-bond donors (Lipinski definition) is 1. The van der Waals surface area contributed by atoms with Crippen molar-refractivity contribution in [3.63, 3.8) is 0 Å². The van der Waals surface area contributed by atoms with E-state index in [1.54, 1.807) is 0 Å². The van der Waals surface area contributed by atoms with Gasteiger partial charge in [-0.2, -0.15) is 0 Å². The van der Waals surface area contributed by atoms with Crippen molar-refractivity contribution in [1.29, 1.82) is 0 Å². The Morgan fingerprint density at radius 3 is 2.72 bits per heavy atom. The molecule has 0 aliphatic heterocycles. The molecule has 0 saturated heterocycles. The molecule has 102 valence electrons. The van der Waals surface area contributed by atoms with Crippen molar-refractivity contribution in [3.05, 3.63) is 28.3 Å². The SMILES string of the molecule is CCCOc1cc(C)c(Cl)cc1CCCC(C)N. The summed E-state index contributed by atoms with van der Waals surface area (Å²) < 4.78 is 5.79. The molecule has 0 heterocycles. The highest BCUT2D eigenvalue weighted by Crippen LogP contribution is 2.28. The molecular weight excluding hydrogens is 246 g/mol. The molecule has 2 N–H and O–H groups in total. The van der Waals surface area contributed by atoms with E-state index in [0.717, 1.165) is 48.6 Å². The maximum Gasteiger partial charge on any atom is 0.122 e. The van der Waals surface area contributed by atoms with Crippen LogP contribution in [0, 0.1) is 6.92 Å². The molecule has 1 atom stereocenters. The van der Waals surface area contributed by atoms with E-state index >= 15 is 0 Å². The molecule has 0 aliphatic rings. The molecule has 1 aromatic carbocycles. The van der Waals surface area contributed by atoms with Crippen molar-refractivity contribution in [2.75, 3.05) is 6.61 Å². The minimum atomic E-state index is 0.255. The Labute approximate surface area is 115 Å². The van der Waals surface area contributed by atoms with Crippen LogP contribution in [0.5, 0.6) is 5.75 Å². The van der Waals surface area contributed by atoms with Crippen molar-refractivity contribution in [1.82, 2.24) is 0 Å². The molecule has 18 heavy (non-hydrogen) atoms. The minimum absolute atomic E-state index is 0.255. The van der Waals surface area contributed by atoms with Gasteiger partial charge in [0.2, 0.25) is 0 Å². The molecular formula is C15H24ClNO. The van der Waals surface area contributed by atoms with Crippen LogP contribution in [0.2, 0.25) is 5.02 Å². The zero-order valence-corrected chi connectivity index (χ0v) is 12.4. The van der Waals surface area contributed by atoms with Crippen molar-refractivity contribution < 1.29 is 4.74 Å². The standard InChI is InChI=1S/C15H24ClNO/c1-4-8-18-15-9-11(2)14(16)10-13(15)7-5-6-12(3)17/h9-10,12H,4-8,17H2,1-3H3. The van der Waals surface area contributed by atoms with Gasteiger partial charge < -0.3 is 10.5 Å². The third-order valence-corrected chi connectivity index (χ3v) is 3.32. The summed E-state index contributed by atoms with van der Waals surface area (Å²) in [6.45, 7) is 6.91. The Kier molecular flexibility index (Phi) is 6.51. The van der Waals surface area contributed by atoms with E-state index in [1.807, 2.05) is 26.0 Å². The Balaban J connectivity index is 2.75. The van der Waals surface area contributed by atoms with Gasteiger partial charge in [0.05, 0.1) is 6.61 Å². The molecule has 0 aliphatic carbocycles. The summed E-state index contributed by atoms with van der Waals surface area (Å²) in [6.07, 6.45) is 4.08. The quantitative estimate of drug-likeness (QED) is 0.809. The normalized spacial score (nSPS) is 12.5. The zero-order valence-electron chi connectivity index (χ0n) is 11.6. The van der Waals surface area contributed by atoms with Crippen LogP contribution in [0.1, 0.15) is 44.2 Å². The molecule has 1 aromatic rings. The summed E-state index contributed by atoms with van der Waals surface area (Å²) in [5, 5.41) is 0.814. The fraction of sp³-hybridized carbons (Fsp3) is 0.600. The molecule has 3 heteroatoms. The molecule has 2 nitrogen and oxygen atoms in total. The molecule has 0 spiro atoms. The average molecular weight is 270 g/mol. The molecule has 0 amide bonds. The zero-order chi connectivity index (χ0) is 13.5. The van der Waals surface area contributed by atoms with Gasteiger partial charge in [-0.15, -0.1) is 0 Å². The lowest BCUT2D eigenvalue weighted by molar-refractivity contribution is 0.313. The summed E-state index contributed by atoms with van der Waals surface area (Å²) in [7, 11) is 0. The van der Waals surface area contributed by atoms with Crippen molar-refractivity contribution in [2.24, 2.45) is 5.73 Å². The molecule has 0 bridgehead atoms. The van der Waals surface area contributed by atoms with E-state index in [9.17, 15) is 0 Å². The second-order valence-corrected chi connectivity index (χ2v) is 5.33. The predicted octanol–water partition coefficient (Wildman–Crippen LogP) is 4.11. The summed E-state index contributed by atoms with van der Waals surface area (Å²) in [5.74, 6) is 0.975. The van der Waals surface area contributed by atoms with Crippen LogP contribution in [0.15, 0.2) is 12.1 Å². The van der Waals surface area contributed by atoms with Crippen LogP contribution >= 0.6 is 11.6 Å². The maximum absolute atomic E-state index is 6.18. The summed E-state index contributed by atoms with van der Waals surface area (Å²) in [5.41, 5.74) is 8.03. The molecule has 0 saturated carbocycles. The van der Waals surface area contributed by atoms with Crippen LogP contribution in [0.3, 0.4) is 0 Å². The lowest BCUT2D eigenvalue weighted by Gasteiger charge is -2.13. The lowest BCUT2D eigenvalue weighted by Crippen LogP contribution is -2.14. The average Bonchev–Trinajstić information content (AvgIpc) is 2.31. The maximum atomic E-state index is 6.18. The van der Waals surface area contributed by atoms with Gasteiger partial charge in [0, 0.05) is 11.1 Å². The lowest BCUT2D eigenvalue weighted by atomic mass is 10.0. The number of rotatable bonds is 7. The van der Waals surface area contributed by atoms with Gasteiger partial charge in [0.15, 0.2) is 0 Å². The summed E-state index contributed by atoms with van der Waals surface area (Å²) in [6, 6.07) is 4.33. The van der Waals surface area contributed by atoms with Gasteiger partial charge >= 0.3 is 0 Å². The Morgan fingerprint density at radius 2 is 2.11 bits per heavy atom. The van der Waals surface area contributed by atoms with Gasteiger partial charge in [0.25, 0.3) is 0 Å². The van der Waals surface area contributed by atoms with E-state index < -0.39 is 0 Å². The third kappa shape index (κ3) is 4.87. The molecule has 0 aromatic heterocycles.